The number of carbonyl (C=O) groups is 1. The van der Waals surface area contributed by atoms with Crippen molar-refractivity contribution in [2.45, 2.75) is 13.1 Å². The highest BCUT2D eigenvalue weighted by Crippen LogP contribution is 2.38. The van der Waals surface area contributed by atoms with E-state index in [-0.39, 0.29) is 33.8 Å². The molecule has 0 atom stereocenters. The third-order valence-corrected chi connectivity index (χ3v) is 4.34. The fourth-order valence-corrected chi connectivity index (χ4v) is 3.07. The van der Waals surface area contributed by atoms with Gasteiger partial charge in [0.1, 0.15) is 11.2 Å². The average Bonchev–Trinajstić information content (AvgIpc) is 3.09. The largest absolute Gasteiger partial charge is 0.435 e. The van der Waals surface area contributed by atoms with Crippen LogP contribution >= 0.6 is 0 Å². The number of halogens is 3. The summed E-state index contributed by atoms with van der Waals surface area (Å²) in [4.78, 5) is 35.9. The maximum absolute atomic E-state index is 13.7. The van der Waals surface area contributed by atoms with Crippen LogP contribution in [-0.4, -0.2) is 30.5 Å². The molecule has 0 saturated heterocycles. The number of rotatable bonds is 3. The minimum Gasteiger partial charge on any atom is -0.342 e. The van der Waals surface area contributed by atoms with Gasteiger partial charge in [-0.05, 0) is 12.5 Å². The van der Waals surface area contributed by atoms with Crippen LogP contribution in [0.25, 0.3) is 16.8 Å². The van der Waals surface area contributed by atoms with Gasteiger partial charge in [-0.3, -0.25) is 14.6 Å². The number of amides is 1. The van der Waals surface area contributed by atoms with Gasteiger partial charge in [0.25, 0.3) is 11.5 Å². The lowest BCUT2D eigenvalue weighted by Crippen LogP contribution is -2.29. The molecule has 30 heavy (non-hydrogen) atoms. The molecule has 4 aromatic rings. The minimum atomic E-state index is -4.81. The fourth-order valence-electron chi connectivity index (χ4n) is 3.07. The first kappa shape index (κ1) is 19.3. The van der Waals surface area contributed by atoms with Crippen LogP contribution < -0.4 is 10.9 Å². The molecule has 0 aliphatic carbocycles. The summed E-state index contributed by atoms with van der Waals surface area (Å²) in [7, 11) is 0. The number of nitrogens with one attached hydrogen (secondary N) is 2. The molecule has 1 amide bonds. The van der Waals surface area contributed by atoms with Crippen molar-refractivity contribution >= 4 is 17.4 Å². The van der Waals surface area contributed by atoms with Crippen LogP contribution in [-0.2, 0) is 6.18 Å². The van der Waals surface area contributed by atoms with Crippen LogP contribution in [0.3, 0.4) is 0 Å². The van der Waals surface area contributed by atoms with Gasteiger partial charge in [0.2, 0.25) is 0 Å². The number of alkyl halides is 3. The van der Waals surface area contributed by atoms with Crippen molar-refractivity contribution in [2.75, 3.05) is 5.32 Å². The van der Waals surface area contributed by atoms with E-state index in [2.05, 4.69) is 25.4 Å². The number of fused-ring (bicyclic) bond motifs is 1. The molecular weight excluding hydrogens is 401 g/mol. The molecule has 0 radical (unpaired) electrons. The normalized spacial score (nSPS) is 11.6. The molecule has 4 rings (SSSR count). The molecule has 0 fully saturated rings. The monoisotopic (exact) mass is 414 g/mol. The maximum atomic E-state index is 13.7. The van der Waals surface area contributed by atoms with E-state index in [1.165, 1.54) is 37.6 Å². The predicted octanol–water partition coefficient (Wildman–Crippen LogP) is 3.06. The Labute approximate surface area is 166 Å². The lowest BCUT2D eigenvalue weighted by Gasteiger charge is -2.08. The molecule has 3 aromatic heterocycles. The second kappa shape index (κ2) is 7.10. The number of benzene rings is 1. The van der Waals surface area contributed by atoms with Gasteiger partial charge in [-0.25, -0.2) is 4.98 Å². The molecule has 0 saturated carbocycles. The number of hydrogen-bond donors (Lipinski definition) is 2. The van der Waals surface area contributed by atoms with Gasteiger partial charge < -0.3 is 10.3 Å². The molecule has 11 heteroatoms. The number of carbonyl (C=O) groups excluding carboxylic acids is 1. The van der Waals surface area contributed by atoms with Gasteiger partial charge in [0, 0.05) is 18.1 Å². The Balaban J connectivity index is 1.93. The zero-order chi connectivity index (χ0) is 21.5. The van der Waals surface area contributed by atoms with Gasteiger partial charge in [-0.15, -0.1) is 0 Å². The van der Waals surface area contributed by atoms with Crippen LogP contribution in [0.5, 0.6) is 0 Å². The summed E-state index contributed by atoms with van der Waals surface area (Å²) < 4.78 is 41.6. The van der Waals surface area contributed by atoms with Crippen LogP contribution in [0.2, 0.25) is 0 Å². The van der Waals surface area contributed by atoms with Crippen molar-refractivity contribution in [2.24, 2.45) is 0 Å². The van der Waals surface area contributed by atoms with Gasteiger partial charge >= 0.3 is 6.18 Å². The minimum absolute atomic E-state index is 0.0831. The highest BCUT2D eigenvalue weighted by atomic mass is 19.4. The Morgan fingerprint density at radius 1 is 1.17 bits per heavy atom. The first-order valence-electron chi connectivity index (χ1n) is 8.63. The predicted molar refractivity (Wildman–Crippen MR) is 101 cm³/mol. The molecular formula is C19H13F3N6O2. The van der Waals surface area contributed by atoms with E-state index >= 15 is 0 Å². The zero-order valence-corrected chi connectivity index (χ0v) is 15.4. The summed E-state index contributed by atoms with van der Waals surface area (Å²) in [6.07, 6.45) is -0.811. The second-order valence-electron chi connectivity index (χ2n) is 6.32. The van der Waals surface area contributed by atoms with Crippen molar-refractivity contribution in [3.8, 4) is 11.1 Å². The van der Waals surface area contributed by atoms with E-state index in [1.54, 1.807) is 18.2 Å². The summed E-state index contributed by atoms with van der Waals surface area (Å²) in [5, 5.41) is 5.88. The molecule has 3 heterocycles. The fraction of sp³-hybridized carbons (Fsp3) is 0.105. The summed E-state index contributed by atoms with van der Waals surface area (Å²) in [6, 6.07) is 7.77. The number of hydrogen-bond acceptors (Lipinski definition) is 5. The first-order chi connectivity index (χ1) is 14.3. The van der Waals surface area contributed by atoms with Crippen LogP contribution in [0.15, 0.2) is 53.7 Å². The number of aromatic nitrogens is 5. The second-order valence-corrected chi connectivity index (χ2v) is 6.32. The maximum Gasteiger partial charge on any atom is 0.435 e. The smallest absolute Gasteiger partial charge is 0.342 e. The molecule has 0 aliphatic rings. The molecule has 2 N–H and O–H groups in total. The number of nitrogens with zero attached hydrogens (tertiary/aromatic N) is 4. The number of aromatic amines is 1. The number of aryl methyl sites for hydroxylation is 1. The highest BCUT2D eigenvalue weighted by Gasteiger charge is 2.39. The Hall–Kier alpha value is -4.02. The third-order valence-electron chi connectivity index (χ3n) is 4.34. The molecule has 0 aliphatic heterocycles. The van der Waals surface area contributed by atoms with E-state index in [4.69, 9.17) is 0 Å². The highest BCUT2D eigenvalue weighted by molar-refractivity contribution is 6.04. The Bertz CT molecular complexity index is 1300. The molecule has 8 nitrogen and oxygen atoms in total. The SMILES string of the molecule is Cc1[nH]c2c(-c3ccccc3)c(C(F)(F)F)nn2c(=O)c1C(=O)Nc1cnccn1. The molecule has 0 bridgehead atoms. The van der Waals surface area contributed by atoms with Crippen LogP contribution in [0.4, 0.5) is 19.0 Å². The zero-order valence-electron chi connectivity index (χ0n) is 15.4. The summed E-state index contributed by atoms with van der Waals surface area (Å²) >= 11 is 0. The Kier molecular flexibility index (Phi) is 4.57. The molecule has 152 valence electrons. The standard InChI is InChI=1S/C19H13F3N6O2/c1-10-13(17(29)26-12-9-23-7-8-24-12)18(30)28-16(25-10)14(11-5-3-2-4-6-11)15(27-28)19(20,21)22/h2-9,25H,1H3,(H,24,26,29). The summed E-state index contributed by atoms with van der Waals surface area (Å²) in [5.74, 6) is -0.760. The number of H-pyrrole nitrogens is 1. The molecule has 0 unspecified atom stereocenters. The first-order valence-corrected chi connectivity index (χ1v) is 8.63. The lowest BCUT2D eigenvalue weighted by atomic mass is 10.1. The summed E-state index contributed by atoms with van der Waals surface area (Å²) in [5.41, 5.74) is -2.73. The van der Waals surface area contributed by atoms with E-state index in [1.807, 2.05) is 0 Å². The van der Waals surface area contributed by atoms with Crippen molar-refractivity contribution in [3.05, 3.63) is 76.2 Å². The van der Waals surface area contributed by atoms with Crippen molar-refractivity contribution in [3.63, 3.8) is 0 Å². The third kappa shape index (κ3) is 3.30. The van der Waals surface area contributed by atoms with E-state index < -0.39 is 23.3 Å². The summed E-state index contributed by atoms with van der Waals surface area (Å²) in [6.45, 7) is 1.42. The van der Waals surface area contributed by atoms with Crippen molar-refractivity contribution in [1.82, 2.24) is 24.6 Å². The van der Waals surface area contributed by atoms with Crippen molar-refractivity contribution < 1.29 is 18.0 Å². The van der Waals surface area contributed by atoms with Gasteiger partial charge in [-0.1, -0.05) is 30.3 Å². The van der Waals surface area contributed by atoms with Crippen molar-refractivity contribution in [1.29, 1.82) is 0 Å². The van der Waals surface area contributed by atoms with E-state index in [0.29, 0.717) is 4.52 Å². The van der Waals surface area contributed by atoms with Gasteiger partial charge in [0.15, 0.2) is 11.5 Å². The van der Waals surface area contributed by atoms with Gasteiger partial charge in [-0.2, -0.15) is 22.8 Å². The van der Waals surface area contributed by atoms with Crippen LogP contribution in [0, 0.1) is 6.92 Å². The molecule has 1 aromatic carbocycles. The quantitative estimate of drug-likeness (QED) is 0.536. The number of anilines is 1. The topological polar surface area (TPSA) is 105 Å². The Morgan fingerprint density at radius 3 is 2.53 bits per heavy atom. The van der Waals surface area contributed by atoms with Gasteiger partial charge in [0.05, 0.1) is 11.8 Å². The van der Waals surface area contributed by atoms with E-state index in [0.717, 1.165) is 0 Å². The van der Waals surface area contributed by atoms with E-state index in [9.17, 15) is 22.8 Å². The molecule has 0 spiro atoms. The Morgan fingerprint density at radius 2 is 1.90 bits per heavy atom. The van der Waals surface area contributed by atoms with Crippen LogP contribution in [0.1, 0.15) is 21.7 Å². The average molecular weight is 414 g/mol. The lowest BCUT2D eigenvalue weighted by molar-refractivity contribution is -0.140.